The van der Waals surface area contributed by atoms with Gasteiger partial charge in [-0.3, -0.25) is 0 Å². The van der Waals surface area contributed by atoms with Gasteiger partial charge in [-0.25, -0.2) is 0 Å². The van der Waals surface area contributed by atoms with E-state index in [1.807, 2.05) is 6.07 Å². The average molecular weight is 218 g/mol. The first kappa shape index (κ1) is 10.7. The Bertz CT molecular complexity index is 326. The molecule has 0 amide bonds. The first-order valence-electron chi connectivity index (χ1n) is 4.07. The topological polar surface area (TPSA) is 26.0 Å². The molecule has 0 heterocycles. The lowest BCUT2D eigenvalue weighted by atomic mass is 9.86. The number of hydrogen-bond acceptors (Lipinski definition) is 1. The van der Waals surface area contributed by atoms with Crippen molar-refractivity contribution in [3.8, 4) is 0 Å². The zero-order valence-corrected chi connectivity index (χ0v) is 9.50. The molecule has 72 valence electrons. The van der Waals surface area contributed by atoms with Gasteiger partial charge in [0.1, 0.15) is 0 Å². The van der Waals surface area contributed by atoms with Gasteiger partial charge in [-0.15, -0.1) is 0 Å². The number of benzene rings is 1. The third kappa shape index (κ3) is 2.29. The number of nitrogens with two attached hydrogens (primary N) is 1. The summed E-state index contributed by atoms with van der Waals surface area (Å²) in [5, 5.41) is 1.15. The normalized spacial score (nSPS) is 11.8. The Morgan fingerprint density at radius 1 is 1.15 bits per heavy atom. The number of rotatable bonds is 0. The van der Waals surface area contributed by atoms with Gasteiger partial charge in [0.2, 0.25) is 0 Å². The monoisotopic (exact) mass is 217 g/mol. The molecule has 0 saturated heterocycles. The summed E-state index contributed by atoms with van der Waals surface area (Å²) in [7, 11) is 0. The smallest absolute Gasteiger partial charge is 0.0653 e. The van der Waals surface area contributed by atoms with Gasteiger partial charge in [0.15, 0.2) is 0 Å². The third-order valence-electron chi connectivity index (χ3n) is 1.90. The van der Waals surface area contributed by atoms with Crippen molar-refractivity contribution < 1.29 is 0 Å². The van der Waals surface area contributed by atoms with Gasteiger partial charge in [-0.05, 0) is 23.1 Å². The molecule has 0 unspecified atom stereocenters. The van der Waals surface area contributed by atoms with Crippen molar-refractivity contribution in [3.63, 3.8) is 0 Å². The fourth-order valence-electron chi connectivity index (χ4n) is 1.21. The molecular weight excluding hydrogens is 205 g/mol. The minimum absolute atomic E-state index is 0.0291. The highest BCUT2D eigenvalue weighted by Crippen LogP contribution is 2.35. The van der Waals surface area contributed by atoms with E-state index in [9.17, 15) is 0 Å². The molecule has 0 spiro atoms. The number of hydrogen-bond donors (Lipinski definition) is 1. The van der Waals surface area contributed by atoms with Crippen LogP contribution in [0.3, 0.4) is 0 Å². The second-order valence-corrected chi connectivity index (χ2v) is 4.94. The highest BCUT2D eigenvalue weighted by atomic mass is 35.5. The molecule has 13 heavy (non-hydrogen) atoms. The number of nitrogen functional groups attached to an aromatic ring is 1. The van der Waals surface area contributed by atoms with E-state index in [-0.39, 0.29) is 5.41 Å². The van der Waals surface area contributed by atoms with Gasteiger partial charge in [-0.2, -0.15) is 0 Å². The highest BCUT2D eigenvalue weighted by Gasteiger charge is 2.18. The molecule has 0 radical (unpaired) electrons. The van der Waals surface area contributed by atoms with E-state index in [4.69, 9.17) is 28.9 Å². The first-order chi connectivity index (χ1) is 5.82. The molecule has 2 N–H and O–H groups in total. The van der Waals surface area contributed by atoms with Crippen LogP contribution in [0.5, 0.6) is 0 Å². The summed E-state index contributed by atoms with van der Waals surface area (Å²) in [5.41, 5.74) is 7.43. The summed E-state index contributed by atoms with van der Waals surface area (Å²) in [6.45, 7) is 6.22. The molecule has 1 rings (SSSR count). The maximum Gasteiger partial charge on any atom is 0.0653 e. The van der Waals surface area contributed by atoms with E-state index in [2.05, 4.69) is 20.8 Å². The van der Waals surface area contributed by atoms with E-state index >= 15 is 0 Å². The van der Waals surface area contributed by atoms with Crippen LogP contribution in [0.1, 0.15) is 26.3 Å². The summed E-state index contributed by atoms with van der Waals surface area (Å²) in [5.74, 6) is 0. The summed E-state index contributed by atoms with van der Waals surface area (Å²) < 4.78 is 0. The Morgan fingerprint density at radius 2 is 1.69 bits per heavy atom. The Hall–Kier alpha value is -0.400. The van der Waals surface area contributed by atoms with Crippen LogP contribution in [-0.2, 0) is 5.41 Å². The van der Waals surface area contributed by atoms with E-state index < -0.39 is 0 Å². The Morgan fingerprint density at radius 3 is 2.15 bits per heavy atom. The second-order valence-electron chi connectivity index (χ2n) is 4.10. The zero-order valence-electron chi connectivity index (χ0n) is 7.99. The molecule has 3 heteroatoms. The lowest BCUT2D eigenvalue weighted by molar-refractivity contribution is 0.592. The first-order valence-corrected chi connectivity index (χ1v) is 4.83. The van der Waals surface area contributed by atoms with Gasteiger partial charge >= 0.3 is 0 Å². The Kier molecular flexibility index (Phi) is 2.79. The van der Waals surface area contributed by atoms with Crippen LogP contribution >= 0.6 is 23.2 Å². The van der Waals surface area contributed by atoms with E-state index in [0.717, 1.165) is 5.56 Å². The van der Waals surface area contributed by atoms with Crippen LogP contribution in [0, 0.1) is 0 Å². The lowest BCUT2D eigenvalue weighted by Gasteiger charge is -2.22. The van der Waals surface area contributed by atoms with Crippen LogP contribution < -0.4 is 5.73 Å². The molecule has 0 aliphatic carbocycles. The quantitative estimate of drug-likeness (QED) is 0.657. The van der Waals surface area contributed by atoms with Crippen molar-refractivity contribution in [1.29, 1.82) is 0 Å². The van der Waals surface area contributed by atoms with Crippen molar-refractivity contribution in [2.45, 2.75) is 26.2 Å². The zero-order chi connectivity index (χ0) is 10.2. The molecule has 0 aliphatic heterocycles. The molecule has 0 atom stereocenters. The fraction of sp³-hybridized carbons (Fsp3) is 0.400. The van der Waals surface area contributed by atoms with E-state index in [1.165, 1.54) is 0 Å². The SMILES string of the molecule is CC(C)(C)c1cc(Cl)cc(Cl)c1N. The van der Waals surface area contributed by atoms with Gasteiger partial charge in [0.05, 0.1) is 10.7 Å². The molecule has 1 aromatic rings. The molecule has 0 fully saturated rings. The minimum Gasteiger partial charge on any atom is -0.397 e. The summed E-state index contributed by atoms with van der Waals surface area (Å²) in [6, 6.07) is 3.52. The standard InChI is InChI=1S/C10H13Cl2N/c1-10(2,3)7-4-6(11)5-8(12)9(7)13/h4-5H,13H2,1-3H3. The molecule has 0 aromatic heterocycles. The lowest BCUT2D eigenvalue weighted by Crippen LogP contribution is -2.14. The highest BCUT2D eigenvalue weighted by molar-refractivity contribution is 6.36. The molecule has 1 aromatic carbocycles. The maximum absolute atomic E-state index is 5.92. The third-order valence-corrected chi connectivity index (χ3v) is 2.43. The van der Waals surface area contributed by atoms with Gasteiger partial charge in [0.25, 0.3) is 0 Å². The van der Waals surface area contributed by atoms with Crippen molar-refractivity contribution in [3.05, 3.63) is 27.7 Å². The average Bonchev–Trinajstić information content (AvgIpc) is 1.94. The van der Waals surface area contributed by atoms with E-state index in [0.29, 0.717) is 15.7 Å². The van der Waals surface area contributed by atoms with Gasteiger partial charge < -0.3 is 5.73 Å². The molecule has 1 nitrogen and oxygen atoms in total. The molecule has 0 saturated carbocycles. The van der Waals surface area contributed by atoms with Crippen LogP contribution in [0.2, 0.25) is 10.0 Å². The predicted molar refractivity (Wildman–Crippen MR) is 59.6 cm³/mol. The van der Waals surface area contributed by atoms with Crippen LogP contribution in [0.4, 0.5) is 5.69 Å². The number of halogens is 2. The summed E-state index contributed by atoms with van der Waals surface area (Å²) in [6.07, 6.45) is 0. The van der Waals surface area contributed by atoms with Crippen molar-refractivity contribution in [2.24, 2.45) is 0 Å². The van der Waals surface area contributed by atoms with Gasteiger partial charge in [-0.1, -0.05) is 44.0 Å². The van der Waals surface area contributed by atoms with Crippen molar-refractivity contribution in [2.75, 3.05) is 5.73 Å². The second kappa shape index (κ2) is 3.39. The summed E-state index contributed by atoms with van der Waals surface area (Å²) >= 11 is 11.8. The van der Waals surface area contributed by atoms with Gasteiger partial charge in [0, 0.05) is 5.02 Å². The van der Waals surface area contributed by atoms with Crippen molar-refractivity contribution in [1.82, 2.24) is 0 Å². The van der Waals surface area contributed by atoms with Crippen LogP contribution in [0.25, 0.3) is 0 Å². The molecule has 0 bridgehead atoms. The largest absolute Gasteiger partial charge is 0.397 e. The predicted octanol–water partition coefficient (Wildman–Crippen LogP) is 3.87. The minimum atomic E-state index is -0.0291. The molecule has 0 aliphatic rings. The number of anilines is 1. The Labute approximate surface area is 88.8 Å². The fourth-order valence-corrected chi connectivity index (χ4v) is 1.70. The summed E-state index contributed by atoms with van der Waals surface area (Å²) in [4.78, 5) is 0. The Balaban J connectivity index is 3.37. The maximum atomic E-state index is 5.92. The van der Waals surface area contributed by atoms with Crippen LogP contribution in [-0.4, -0.2) is 0 Å². The van der Waals surface area contributed by atoms with E-state index in [1.54, 1.807) is 6.07 Å². The molecular formula is C10H13Cl2N. The van der Waals surface area contributed by atoms with Crippen molar-refractivity contribution >= 4 is 28.9 Å². The van der Waals surface area contributed by atoms with Crippen LogP contribution in [0.15, 0.2) is 12.1 Å².